The highest BCUT2D eigenvalue weighted by Crippen LogP contribution is 2.23. The number of carbonyl (C=O) groups excluding carboxylic acids is 4. The SMILES string of the molecule is CC(C)(C)OC(=O)Nc1ccccc1NC(=O)c1ccc(CN(CCCN2CCCC2=O)C(=O)NCCc2ccccc2)cc1. The molecule has 1 heterocycles. The van der Waals surface area contributed by atoms with E-state index in [9.17, 15) is 19.2 Å². The van der Waals surface area contributed by atoms with Crippen LogP contribution in [0.2, 0.25) is 0 Å². The van der Waals surface area contributed by atoms with Crippen LogP contribution in [0, 0.1) is 0 Å². The van der Waals surface area contributed by atoms with Gasteiger partial charge in [0.1, 0.15) is 5.60 Å². The van der Waals surface area contributed by atoms with E-state index in [1.807, 2.05) is 47.4 Å². The largest absolute Gasteiger partial charge is 0.444 e. The number of nitrogens with one attached hydrogen (secondary N) is 3. The fraction of sp³-hybridized carbons (Fsp3) is 0.371. The lowest BCUT2D eigenvalue weighted by Crippen LogP contribution is -2.41. The van der Waals surface area contributed by atoms with E-state index >= 15 is 0 Å². The van der Waals surface area contributed by atoms with Gasteiger partial charge in [-0.1, -0.05) is 54.6 Å². The molecule has 3 aromatic carbocycles. The van der Waals surface area contributed by atoms with Crippen molar-refractivity contribution in [2.75, 3.05) is 36.8 Å². The smallest absolute Gasteiger partial charge is 0.412 e. The van der Waals surface area contributed by atoms with Crippen molar-refractivity contribution in [3.05, 3.63) is 95.6 Å². The number of para-hydroxylation sites is 2. The number of amides is 5. The molecule has 0 aliphatic carbocycles. The molecule has 4 rings (SSSR count). The zero-order chi connectivity index (χ0) is 32.2. The third-order valence-corrected chi connectivity index (χ3v) is 7.25. The van der Waals surface area contributed by atoms with E-state index in [0.29, 0.717) is 56.0 Å². The minimum atomic E-state index is -0.657. The van der Waals surface area contributed by atoms with E-state index in [-0.39, 0.29) is 17.8 Å². The van der Waals surface area contributed by atoms with Crippen molar-refractivity contribution in [3.63, 3.8) is 0 Å². The van der Waals surface area contributed by atoms with Crippen LogP contribution in [0.15, 0.2) is 78.9 Å². The zero-order valence-electron chi connectivity index (χ0n) is 26.3. The number of rotatable bonds is 12. The monoisotopic (exact) mass is 613 g/mol. The van der Waals surface area contributed by atoms with E-state index in [1.165, 1.54) is 0 Å². The summed E-state index contributed by atoms with van der Waals surface area (Å²) >= 11 is 0. The lowest BCUT2D eigenvalue weighted by molar-refractivity contribution is -0.127. The van der Waals surface area contributed by atoms with Gasteiger partial charge in [-0.05, 0) is 75.4 Å². The first-order valence-electron chi connectivity index (χ1n) is 15.4. The van der Waals surface area contributed by atoms with E-state index in [4.69, 9.17) is 4.74 Å². The lowest BCUT2D eigenvalue weighted by atomic mass is 10.1. The summed E-state index contributed by atoms with van der Waals surface area (Å²) < 4.78 is 5.33. The van der Waals surface area contributed by atoms with Crippen LogP contribution in [0.1, 0.15) is 61.5 Å². The fourth-order valence-corrected chi connectivity index (χ4v) is 5.01. The molecule has 0 spiro atoms. The first-order valence-corrected chi connectivity index (χ1v) is 15.4. The molecule has 5 amide bonds. The summed E-state index contributed by atoms with van der Waals surface area (Å²) in [6.45, 7) is 8.08. The van der Waals surface area contributed by atoms with Gasteiger partial charge in [-0.25, -0.2) is 9.59 Å². The second-order valence-corrected chi connectivity index (χ2v) is 12.1. The van der Waals surface area contributed by atoms with Crippen LogP contribution in [-0.2, 0) is 22.5 Å². The molecule has 0 radical (unpaired) electrons. The molecule has 10 heteroatoms. The molecule has 0 bridgehead atoms. The molecule has 1 fully saturated rings. The Labute approximate surface area is 265 Å². The first kappa shape index (κ1) is 33.0. The summed E-state index contributed by atoms with van der Waals surface area (Å²) in [6, 6.07) is 23.8. The second kappa shape index (κ2) is 15.7. The van der Waals surface area contributed by atoms with Crippen molar-refractivity contribution in [1.29, 1.82) is 0 Å². The van der Waals surface area contributed by atoms with Gasteiger partial charge in [0.15, 0.2) is 0 Å². The number of likely N-dealkylation sites (tertiary alicyclic amines) is 1. The highest BCUT2D eigenvalue weighted by molar-refractivity contribution is 6.06. The number of anilines is 2. The second-order valence-electron chi connectivity index (χ2n) is 12.1. The molecule has 1 saturated heterocycles. The maximum Gasteiger partial charge on any atom is 0.412 e. The van der Waals surface area contributed by atoms with Gasteiger partial charge in [0, 0.05) is 44.7 Å². The zero-order valence-corrected chi connectivity index (χ0v) is 26.3. The molecule has 10 nitrogen and oxygen atoms in total. The van der Waals surface area contributed by atoms with Crippen molar-refractivity contribution in [3.8, 4) is 0 Å². The topological polar surface area (TPSA) is 120 Å². The van der Waals surface area contributed by atoms with E-state index in [0.717, 1.165) is 30.5 Å². The molecule has 3 aromatic rings. The number of carbonyl (C=O) groups is 4. The Bertz CT molecular complexity index is 1450. The van der Waals surface area contributed by atoms with Gasteiger partial charge >= 0.3 is 12.1 Å². The number of hydrogen-bond donors (Lipinski definition) is 3. The Balaban J connectivity index is 1.37. The molecule has 0 saturated carbocycles. The van der Waals surface area contributed by atoms with Crippen molar-refractivity contribution in [2.24, 2.45) is 0 Å². The van der Waals surface area contributed by atoms with Crippen molar-refractivity contribution >= 4 is 35.3 Å². The van der Waals surface area contributed by atoms with Crippen LogP contribution in [0.3, 0.4) is 0 Å². The average molecular weight is 614 g/mol. The molecule has 0 aromatic heterocycles. The summed E-state index contributed by atoms with van der Waals surface area (Å²) in [4.78, 5) is 54.3. The summed E-state index contributed by atoms with van der Waals surface area (Å²) in [5.74, 6) is -0.170. The van der Waals surface area contributed by atoms with Gasteiger partial charge in [-0.2, -0.15) is 0 Å². The standard InChI is InChI=1S/C35H43N5O5/c1-35(2,3)45-34(44)38-30-14-8-7-13-29(30)37-32(42)28-18-16-27(17-19-28)25-40(24-10-23-39-22-9-15-31(39)41)33(43)36-21-20-26-11-5-4-6-12-26/h4-8,11-14,16-19H,9-10,15,20-25H2,1-3H3,(H,36,43)(H,37,42)(H,38,44). The van der Waals surface area contributed by atoms with Crippen LogP contribution >= 0.6 is 0 Å². The first-order chi connectivity index (χ1) is 21.6. The lowest BCUT2D eigenvalue weighted by Gasteiger charge is -2.25. The predicted octanol–water partition coefficient (Wildman–Crippen LogP) is 6.05. The van der Waals surface area contributed by atoms with Gasteiger partial charge in [0.05, 0.1) is 11.4 Å². The minimum Gasteiger partial charge on any atom is -0.444 e. The van der Waals surface area contributed by atoms with Crippen LogP contribution in [0.4, 0.5) is 21.0 Å². The van der Waals surface area contributed by atoms with Gasteiger partial charge < -0.3 is 25.2 Å². The van der Waals surface area contributed by atoms with Crippen LogP contribution in [0.25, 0.3) is 0 Å². The molecule has 238 valence electrons. The Kier molecular flexibility index (Phi) is 11.6. The van der Waals surface area contributed by atoms with E-state index in [2.05, 4.69) is 16.0 Å². The summed E-state index contributed by atoms with van der Waals surface area (Å²) in [6.07, 6.45) is 2.26. The summed E-state index contributed by atoms with van der Waals surface area (Å²) in [7, 11) is 0. The number of hydrogen-bond acceptors (Lipinski definition) is 5. The van der Waals surface area contributed by atoms with Crippen LogP contribution in [-0.4, -0.2) is 65.5 Å². The Morgan fingerprint density at radius 3 is 2.18 bits per heavy atom. The van der Waals surface area contributed by atoms with E-state index in [1.54, 1.807) is 62.1 Å². The molecule has 0 atom stereocenters. The molecule has 45 heavy (non-hydrogen) atoms. The normalized spacial score (nSPS) is 12.9. The molecule has 3 N–H and O–H groups in total. The molecule has 1 aliphatic heterocycles. The van der Waals surface area contributed by atoms with Gasteiger partial charge in [-0.15, -0.1) is 0 Å². The average Bonchev–Trinajstić information content (AvgIpc) is 3.41. The minimum absolute atomic E-state index is 0.172. The maximum atomic E-state index is 13.2. The Hall–Kier alpha value is -4.86. The van der Waals surface area contributed by atoms with Crippen molar-refractivity contribution < 1.29 is 23.9 Å². The molecule has 0 unspecified atom stereocenters. The third-order valence-electron chi connectivity index (χ3n) is 7.25. The van der Waals surface area contributed by atoms with Gasteiger partial charge in [0.25, 0.3) is 5.91 Å². The van der Waals surface area contributed by atoms with Crippen LogP contribution in [0.5, 0.6) is 0 Å². The van der Waals surface area contributed by atoms with Crippen molar-refractivity contribution in [2.45, 2.75) is 58.6 Å². The number of urea groups is 1. The van der Waals surface area contributed by atoms with E-state index < -0.39 is 11.7 Å². The third kappa shape index (κ3) is 10.7. The molecule has 1 aliphatic rings. The van der Waals surface area contributed by atoms with Gasteiger partial charge in [0.2, 0.25) is 5.91 Å². The Morgan fingerprint density at radius 1 is 0.867 bits per heavy atom. The summed E-state index contributed by atoms with van der Waals surface area (Å²) in [5, 5.41) is 8.57. The molecular formula is C35H43N5O5. The maximum absolute atomic E-state index is 13.2. The van der Waals surface area contributed by atoms with Crippen molar-refractivity contribution in [1.82, 2.24) is 15.1 Å². The van der Waals surface area contributed by atoms with Crippen LogP contribution < -0.4 is 16.0 Å². The summed E-state index contributed by atoms with van der Waals surface area (Å²) in [5.41, 5.74) is 2.64. The molecular weight excluding hydrogens is 570 g/mol. The van der Waals surface area contributed by atoms with Gasteiger partial charge in [-0.3, -0.25) is 14.9 Å². The highest BCUT2D eigenvalue weighted by Gasteiger charge is 2.21. The fourth-order valence-electron chi connectivity index (χ4n) is 5.01. The Morgan fingerprint density at radius 2 is 1.53 bits per heavy atom. The quantitative estimate of drug-likeness (QED) is 0.230. The number of benzene rings is 3. The predicted molar refractivity (Wildman–Crippen MR) is 175 cm³/mol. The highest BCUT2D eigenvalue weighted by atomic mass is 16.6. The number of ether oxygens (including phenoxy) is 1. The number of nitrogens with zero attached hydrogens (tertiary/aromatic N) is 2.